The summed E-state index contributed by atoms with van der Waals surface area (Å²) in [6.45, 7) is -0.256. The summed E-state index contributed by atoms with van der Waals surface area (Å²) in [5.41, 5.74) is 5.15. The second-order valence-corrected chi connectivity index (χ2v) is 7.34. The van der Waals surface area contributed by atoms with Gasteiger partial charge in [0.2, 0.25) is 5.13 Å². The Balaban J connectivity index is 1.45. The third kappa shape index (κ3) is 5.29. The number of hydrazone groups is 1. The van der Waals surface area contributed by atoms with Crippen molar-refractivity contribution in [3.63, 3.8) is 0 Å². The normalized spacial score (nSPS) is 11.1. The molecule has 0 fully saturated rings. The van der Waals surface area contributed by atoms with Gasteiger partial charge >= 0.3 is 0 Å². The molecule has 1 heterocycles. The molecule has 0 aliphatic carbocycles. The number of rotatable bonds is 7. The Bertz CT molecular complexity index is 1210. The van der Waals surface area contributed by atoms with Crippen LogP contribution in [0.15, 0.2) is 77.2 Å². The Morgan fingerprint density at radius 1 is 0.968 bits per heavy atom. The fourth-order valence-electron chi connectivity index (χ4n) is 2.77. The number of nitrogens with zero attached hydrogens (tertiary/aromatic N) is 2. The van der Waals surface area contributed by atoms with Gasteiger partial charge in [0.15, 0.2) is 0 Å². The topological polar surface area (TPSA) is 46.5 Å². The zero-order valence-corrected chi connectivity index (χ0v) is 16.9. The smallest absolute Gasteiger partial charge is 0.203 e. The van der Waals surface area contributed by atoms with Crippen LogP contribution in [0.2, 0.25) is 0 Å². The minimum Gasteiger partial charge on any atom is -0.488 e. The monoisotopic (exact) mass is 439 g/mol. The SMILES string of the molecule is Fc1ccc(F)c(COc2cc(F)ccc2C=NNc2nc(-c3ccccc3)cs2)c1. The van der Waals surface area contributed by atoms with Crippen molar-refractivity contribution >= 4 is 22.7 Å². The van der Waals surface area contributed by atoms with Gasteiger partial charge in [-0.05, 0) is 30.3 Å². The lowest BCUT2D eigenvalue weighted by Crippen LogP contribution is -2.02. The van der Waals surface area contributed by atoms with Gasteiger partial charge in [0.1, 0.15) is 29.8 Å². The van der Waals surface area contributed by atoms with Crippen LogP contribution in [0.1, 0.15) is 11.1 Å². The zero-order chi connectivity index (χ0) is 21.6. The number of benzene rings is 3. The van der Waals surface area contributed by atoms with Gasteiger partial charge in [-0.25, -0.2) is 18.2 Å². The molecule has 0 unspecified atom stereocenters. The molecule has 4 aromatic rings. The van der Waals surface area contributed by atoms with Crippen molar-refractivity contribution < 1.29 is 17.9 Å². The molecular weight excluding hydrogens is 423 g/mol. The summed E-state index contributed by atoms with van der Waals surface area (Å²) in [5, 5.41) is 6.63. The van der Waals surface area contributed by atoms with E-state index in [2.05, 4.69) is 15.5 Å². The molecule has 0 bridgehead atoms. The molecule has 4 nitrogen and oxygen atoms in total. The summed E-state index contributed by atoms with van der Waals surface area (Å²) in [6.07, 6.45) is 1.44. The van der Waals surface area contributed by atoms with Crippen molar-refractivity contribution in [1.82, 2.24) is 4.98 Å². The highest BCUT2D eigenvalue weighted by Crippen LogP contribution is 2.25. The van der Waals surface area contributed by atoms with E-state index in [0.717, 1.165) is 35.5 Å². The van der Waals surface area contributed by atoms with Crippen molar-refractivity contribution in [1.29, 1.82) is 0 Å². The van der Waals surface area contributed by atoms with Gasteiger partial charge < -0.3 is 4.74 Å². The Morgan fingerprint density at radius 3 is 2.58 bits per heavy atom. The molecule has 4 rings (SSSR count). The van der Waals surface area contributed by atoms with Gasteiger partial charge in [-0.3, -0.25) is 5.43 Å². The number of nitrogens with one attached hydrogen (secondary N) is 1. The lowest BCUT2D eigenvalue weighted by molar-refractivity contribution is 0.297. The van der Waals surface area contributed by atoms with Crippen LogP contribution >= 0.6 is 11.3 Å². The van der Waals surface area contributed by atoms with Crippen LogP contribution in [0.25, 0.3) is 11.3 Å². The molecule has 1 aromatic heterocycles. The zero-order valence-electron chi connectivity index (χ0n) is 16.1. The molecule has 0 atom stereocenters. The first-order chi connectivity index (χ1) is 15.1. The van der Waals surface area contributed by atoms with Gasteiger partial charge in [0.05, 0.1) is 11.9 Å². The third-order valence-corrected chi connectivity index (χ3v) is 5.05. The molecule has 8 heteroatoms. The molecule has 0 spiro atoms. The molecule has 31 heavy (non-hydrogen) atoms. The summed E-state index contributed by atoms with van der Waals surface area (Å²) < 4.78 is 46.4. The van der Waals surface area contributed by atoms with Crippen LogP contribution in [-0.4, -0.2) is 11.2 Å². The summed E-state index contributed by atoms with van der Waals surface area (Å²) in [5.74, 6) is -1.55. The van der Waals surface area contributed by atoms with Gasteiger partial charge in [0.25, 0.3) is 0 Å². The lowest BCUT2D eigenvalue weighted by Gasteiger charge is -2.10. The average Bonchev–Trinajstić information content (AvgIpc) is 3.25. The van der Waals surface area contributed by atoms with Crippen LogP contribution in [0.4, 0.5) is 18.3 Å². The largest absolute Gasteiger partial charge is 0.488 e. The quantitative estimate of drug-likeness (QED) is 0.273. The number of hydrogen-bond acceptors (Lipinski definition) is 5. The Hall–Kier alpha value is -3.65. The number of anilines is 1. The van der Waals surface area contributed by atoms with E-state index >= 15 is 0 Å². The van der Waals surface area contributed by atoms with Crippen LogP contribution in [0.3, 0.4) is 0 Å². The molecular formula is C23H16F3N3OS. The number of thiazole rings is 1. The fraction of sp³-hybridized carbons (Fsp3) is 0.0435. The first-order valence-electron chi connectivity index (χ1n) is 9.25. The van der Waals surface area contributed by atoms with Gasteiger partial charge in [-0.2, -0.15) is 5.10 Å². The minimum atomic E-state index is -0.604. The second kappa shape index (κ2) is 9.44. The van der Waals surface area contributed by atoms with Crippen molar-refractivity contribution in [3.8, 4) is 17.0 Å². The van der Waals surface area contributed by atoms with E-state index in [9.17, 15) is 13.2 Å². The maximum absolute atomic E-state index is 13.8. The first-order valence-corrected chi connectivity index (χ1v) is 10.1. The molecule has 0 aliphatic rings. The number of hydrogen-bond donors (Lipinski definition) is 1. The maximum atomic E-state index is 13.8. The van der Waals surface area contributed by atoms with Crippen LogP contribution < -0.4 is 10.2 Å². The van der Waals surface area contributed by atoms with Crippen LogP contribution in [0, 0.1) is 17.5 Å². The highest BCUT2D eigenvalue weighted by Gasteiger charge is 2.09. The fourth-order valence-corrected chi connectivity index (χ4v) is 3.44. The maximum Gasteiger partial charge on any atom is 0.203 e. The second-order valence-electron chi connectivity index (χ2n) is 6.48. The molecule has 0 saturated carbocycles. The highest BCUT2D eigenvalue weighted by molar-refractivity contribution is 7.14. The van der Waals surface area contributed by atoms with Crippen LogP contribution in [-0.2, 0) is 6.61 Å². The summed E-state index contributed by atoms with van der Waals surface area (Å²) in [7, 11) is 0. The van der Waals surface area contributed by atoms with E-state index in [1.54, 1.807) is 0 Å². The molecule has 3 aromatic carbocycles. The van der Waals surface area contributed by atoms with Gasteiger partial charge in [-0.1, -0.05) is 30.3 Å². The number of halogens is 3. The lowest BCUT2D eigenvalue weighted by atomic mass is 10.2. The highest BCUT2D eigenvalue weighted by atomic mass is 32.1. The molecule has 0 radical (unpaired) electrons. The molecule has 1 N–H and O–H groups in total. The molecule has 0 saturated heterocycles. The minimum absolute atomic E-state index is 0.0292. The molecule has 156 valence electrons. The van der Waals surface area contributed by atoms with Crippen molar-refractivity contribution in [2.24, 2.45) is 5.10 Å². The third-order valence-electron chi connectivity index (χ3n) is 4.30. The van der Waals surface area contributed by atoms with Crippen molar-refractivity contribution in [2.75, 3.05) is 5.43 Å². The summed E-state index contributed by atoms with van der Waals surface area (Å²) in [6, 6.07) is 16.7. The Kier molecular flexibility index (Phi) is 6.28. The number of aromatic nitrogens is 1. The van der Waals surface area contributed by atoms with E-state index in [0.29, 0.717) is 10.7 Å². The summed E-state index contributed by atoms with van der Waals surface area (Å²) in [4.78, 5) is 4.47. The van der Waals surface area contributed by atoms with E-state index in [-0.39, 0.29) is 17.9 Å². The predicted molar refractivity (Wildman–Crippen MR) is 116 cm³/mol. The first kappa shape index (κ1) is 20.6. The molecule has 0 aliphatic heterocycles. The van der Waals surface area contributed by atoms with E-state index in [1.807, 2.05) is 35.7 Å². The standard InChI is InChI=1S/C23H16F3N3OS/c24-18-8-9-20(26)17(10-18)13-30-22-11-19(25)7-6-16(22)12-27-29-23-28-21(14-31-23)15-4-2-1-3-5-15/h1-12,14H,13H2,(H,28,29). The van der Waals surface area contributed by atoms with Gasteiger partial charge in [-0.15, -0.1) is 11.3 Å². The van der Waals surface area contributed by atoms with Gasteiger partial charge in [0, 0.05) is 28.1 Å². The predicted octanol–water partition coefficient (Wildman–Crippen LogP) is 6.25. The van der Waals surface area contributed by atoms with Crippen LogP contribution in [0.5, 0.6) is 5.75 Å². The number of ether oxygens (including phenoxy) is 1. The Morgan fingerprint density at radius 2 is 1.74 bits per heavy atom. The van der Waals surface area contributed by atoms with E-state index < -0.39 is 17.5 Å². The Labute approximate surface area is 180 Å². The van der Waals surface area contributed by atoms with Crippen molar-refractivity contribution in [3.05, 3.63) is 101 Å². The molecule has 0 amide bonds. The van der Waals surface area contributed by atoms with Crippen molar-refractivity contribution in [2.45, 2.75) is 6.61 Å². The van der Waals surface area contributed by atoms with E-state index in [1.165, 1.54) is 29.7 Å². The average molecular weight is 439 g/mol. The van der Waals surface area contributed by atoms with E-state index in [4.69, 9.17) is 4.74 Å². The summed E-state index contributed by atoms with van der Waals surface area (Å²) >= 11 is 1.39.